The zero-order valence-electron chi connectivity index (χ0n) is 20.7. The molecule has 34 heavy (non-hydrogen) atoms. The van der Waals surface area contributed by atoms with E-state index in [-0.39, 0.29) is 34.8 Å². The van der Waals surface area contributed by atoms with Gasteiger partial charge in [0.1, 0.15) is 18.9 Å². The largest absolute Gasteiger partial charge is 0.390 e. The Morgan fingerprint density at radius 3 is 2.71 bits per heavy atom. The van der Waals surface area contributed by atoms with Crippen molar-refractivity contribution in [1.29, 1.82) is 0 Å². The molecule has 4 aliphatic rings. The maximum absolute atomic E-state index is 13.4. The highest BCUT2D eigenvalue weighted by atomic mass is 16.6. The summed E-state index contributed by atoms with van der Waals surface area (Å²) in [6, 6.07) is 0. The Morgan fingerprint density at radius 1 is 1.21 bits per heavy atom. The van der Waals surface area contributed by atoms with Crippen LogP contribution in [-0.2, 0) is 16.1 Å². The highest BCUT2D eigenvalue weighted by Gasteiger charge is 2.63. The molecular formula is C26H39N3O5. The topological polar surface area (TPSA) is 107 Å². The van der Waals surface area contributed by atoms with Crippen LogP contribution in [0.3, 0.4) is 0 Å². The zero-order chi connectivity index (χ0) is 24.3. The lowest BCUT2D eigenvalue weighted by molar-refractivity contribution is -0.385. The summed E-state index contributed by atoms with van der Waals surface area (Å²) in [4.78, 5) is 23.9. The van der Waals surface area contributed by atoms with E-state index in [1.165, 1.54) is 23.5 Å². The lowest BCUT2D eigenvalue weighted by Gasteiger charge is -2.62. The van der Waals surface area contributed by atoms with Gasteiger partial charge in [0.2, 0.25) is 0 Å². The molecule has 8 nitrogen and oxygen atoms in total. The summed E-state index contributed by atoms with van der Waals surface area (Å²) in [5.41, 5.74) is -0.504. The predicted molar refractivity (Wildman–Crippen MR) is 126 cm³/mol. The van der Waals surface area contributed by atoms with Crippen molar-refractivity contribution in [3.8, 4) is 0 Å². The summed E-state index contributed by atoms with van der Waals surface area (Å²) in [6.07, 6.45) is 11.8. The van der Waals surface area contributed by atoms with E-state index < -0.39 is 10.5 Å². The van der Waals surface area contributed by atoms with Crippen molar-refractivity contribution in [2.24, 2.45) is 40.4 Å². The highest BCUT2D eigenvalue weighted by Crippen LogP contribution is 2.68. The van der Waals surface area contributed by atoms with Crippen LogP contribution in [0.5, 0.6) is 0 Å². The molecule has 0 radical (unpaired) electrons. The van der Waals surface area contributed by atoms with Crippen LogP contribution in [0.4, 0.5) is 5.69 Å². The van der Waals surface area contributed by atoms with E-state index in [4.69, 9.17) is 4.74 Å². The first kappa shape index (κ1) is 23.9. The molecule has 0 bridgehead atoms. The SMILES string of the molecule is COC[C@]12CC[C@@](C)(O)C[C@@H]1CC[C@H]1[C@@H]3CC[C@H](C(=O)Cn4cc([N+](=O)[O-])cn4)[C@@]3(C)CC[C@@H]12. The van der Waals surface area contributed by atoms with Crippen molar-refractivity contribution in [1.82, 2.24) is 9.78 Å². The van der Waals surface area contributed by atoms with Crippen LogP contribution < -0.4 is 0 Å². The number of Topliss-reactive ketones (excluding diaryl/α,β-unsaturated/α-hetero) is 1. The van der Waals surface area contributed by atoms with Gasteiger partial charge >= 0.3 is 5.69 Å². The summed E-state index contributed by atoms with van der Waals surface area (Å²) in [5, 5.41) is 25.8. The van der Waals surface area contributed by atoms with Crippen molar-refractivity contribution in [3.05, 3.63) is 22.5 Å². The van der Waals surface area contributed by atoms with E-state index in [0.717, 1.165) is 58.0 Å². The third-order valence-corrected chi connectivity index (χ3v) is 10.6. The van der Waals surface area contributed by atoms with Crippen LogP contribution >= 0.6 is 0 Å². The second-order valence-electron chi connectivity index (χ2n) is 12.3. The third kappa shape index (κ3) is 3.72. The van der Waals surface area contributed by atoms with E-state index in [0.29, 0.717) is 23.7 Å². The van der Waals surface area contributed by atoms with E-state index in [2.05, 4.69) is 12.0 Å². The molecular weight excluding hydrogens is 434 g/mol. The second-order valence-corrected chi connectivity index (χ2v) is 12.3. The minimum atomic E-state index is -0.565. The fraction of sp³-hybridized carbons (Fsp3) is 0.846. The average Bonchev–Trinajstić information content (AvgIpc) is 3.38. The molecule has 4 fully saturated rings. The van der Waals surface area contributed by atoms with Gasteiger partial charge in [0, 0.05) is 13.0 Å². The first-order valence-electron chi connectivity index (χ1n) is 13.0. The van der Waals surface area contributed by atoms with Crippen LogP contribution in [-0.4, -0.2) is 44.9 Å². The lowest BCUT2D eigenvalue weighted by Crippen LogP contribution is -2.58. The molecule has 0 unspecified atom stereocenters. The lowest BCUT2D eigenvalue weighted by atomic mass is 9.43. The number of nitro groups is 1. The van der Waals surface area contributed by atoms with Crippen LogP contribution in [0, 0.1) is 50.5 Å². The van der Waals surface area contributed by atoms with Crippen LogP contribution in [0.2, 0.25) is 0 Å². The Morgan fingerprint density at radius 2 is 2.00 bits per heavy atom. The molecule has 0 aromatic carbocycles. The van der Waals surface area contributed by atoms with Crippen molar-refractivity contribution in [2.45, 2.75) is 83.8 Å². The summed E-state index contributed by atoms with van der Waals surface area (Å²) in [6.45, 7) is 5.21. The summed E-state index contributed by atoms with van der Waals surface area (Å²) in [7, 11) is 1.82. The van der Waals surface area contributed by atoms with Crippen LogP contribution in [0.25, 0.3) is 0 Å². The number of carbonyl (C=O) groups excluding carboxylic acids is 1. The highest BCUT2D eigenvalue weighted by molar-refractivity contribution is 5.82. The van der Waals surface area contributed by atoms with E-state index in [1.54, 1.807) is 0 Å². The molecule has 0 spiro atoms. The number of methoxy groups -OCH3 is 1. The maximum Gasteiger partial charge on any atom is 0.307 e. The quantitative estimate of drug-likeness (QED) is 0.485. The minimum Gasteiger partial charge on any atom is -0.390 e. The molecule has 4 aliphatic carbocycles. The molecule has 1 aromatic rings. The zero-order valence-corrected chi connectivity index (χ0v) is 20.7. The van der Waals surface area contributed by atoms with Gasteiger partial charge in [-0.05, 0) is 99.2 Å². The molecule has 0 saturated heterocycles. The molecule has 188 valence electrons. The van der Waals surface area contributed by atoms with E-state index >= 15 is 0 Å². The van der Waals surface area contributed by atoms with Gasteiger partial charge in [-0.15, -0.1) is 0 Å². The average molecular weight is 474 g/mol. The molecule has 0 aliphatic heterocycles. The molecule has 5 rings (SSSR count). The Labute approximate surface area is 201 Å². The Bertz CT molecular complexity index is 960. The molecule has 8 atom stereocenters. The van der Waals surface area contributed by atoms with Gasteiger partial charge in [0.25, 0.3) is 0 Å². The monoisotopic (exact) mass is 473 g/mol. The Kier molecular flexibility index (Phi) is 5.91. The van der Waals surface area contributed by atoms with E-state index in [1.807, 2.05) is 14.0 Å². The smallest absolute Gasteiger partial charge is 0.307 e. The normalized spacial score (nSPS) is 43.6. The number of aliphatic hydroxyl groups is 1. The van der Waals surface area contributed by atoms with Crippen LogP contribution in [0.15, 0.2) is 12.4 Å². The number of ether oxygens (including phenoxy) is 1. The maximum atomic E-state index is 13.4. The predicted octanol–water partition coefficient (Wildman–Crippen LogP) is 4.40. The molecule has 4 saturated carbocycles. The molecule has 1 heterocycles. The minimum absolute atomic E-state index is 0.00936. The van der Waals surface area contributed by atoms with Gasteiger partial charge in [0.05, 0.1) is 17.1 Å². The fourth-order valence-electron chi connectivity index (χ4n) is 9.12. The van der Waals surface area contributed by atoms with Gasteiger partial charge in [0.15, 0.2) is 5.78 Å². The molecule has 1 aromatic heterocycles. The van der Waals surface area contributed by atoms with Crippen LogP contribution in [0.1, 0.15) is 71.6 Å². The Hall–Kier alpha value is -1.80. The third-order valence-electron chi connectivity index (χ3n) is 10.6. The standard InChI is InChI=1S/C26H39N3O5/c1-24(31)10-11-26(16-34-3)17(12-24)4-5-19-20-6-7-22(25(20,2)9-8-21(19)26)23(30)15-28-14-18(13-27-28)29(32)33/h13-14,17,19-22,31H,4-12,15-16H2,1-3H3/t17-,19-,20-,21-,22+,24+,25-,26+/m0/s1. The molecule has 1 N–H and O–H groups in total. The van der Waals surface area contributed by atoms with Gasteiger partial charge in [-0.1, -0.05) is 6.92 Å². The summed E-state index contributed by atoms with van der Waals surface area (Å²) in [5.74, 6) is 2.40. The van der Waals surface area contributed by atoms with Crippen molar-refractivity contribution in [2.75, 3.05) is 13.7 Å². The number of hydrogen-bond acceptors (Lipinski definition) is 6. The number of hydrogen-bond donors (Lipinski definition) is 1. The van der Waals surface area contributed by atoms with Gasteiger partial charge in [-0.2, -0.15) is 5.10 Å². The number of fused-ring (bicyclic) bond motifs is 5. The number of aromatic nitrogens is 2. The van der Waals surface area contributed by atoms with Gasteiger partial charge < -0.3 is 9.84 Å². The fourth-order valence-corrected chi connectivity index (χ4v) is 9.12. The number of ketones is 1. The Balaban J connectivity index is 1.35. The molecule has 8 heteroatoms. The first-order valence-corrected chi connectivity index (χ1v) is 13.0. The van der Waals surface area contributed by atoms with Crippen molar-refractivity contribution in [3.63, 3.8) is 0 Å². The summed E-state index contributed by atoms with van der Waals surface area (Å²) >= 11 is 0. The van der Waals surface area contributed by atoms with Gasteiger partial charge in [-0.25, -0.2) is 0 Å². The molecule has 0 amide bonds. The van der Waals surface area contributed by atoms with Gasteiger partial charge in [-0.3, -0.25) is 19.6 Å². The van der Waals surface area contributed by atoms with E-state index in [9.17, 15) is 20.0 Å². The number of rotatable bonds is 6. The summed E-state index contributed by atoms with van der Waals surface area (Å²) < 4.78 is 7.27. The van der Waals surface area contributed by atoms with Crippen molar-refractivity contribution < 1.29 is 19.6 Å². The number of carbonyl (C=O) groups is 1. The number of nitrogens with zero attached hydrogens (tertiary/aromatic N) is 3. The second kappa shape index (κ2) is 8.40. The van der Waals surface area contributed by atoms with Crippen molar-refractivity contribution >= 4 is 11.5 Å². The first-order chi connectivity index (χ1) is 16.1.